The quantitative estimate of drug-likeness (QED) is 0.356. The van der Waals surface area contributed by atoms with Gasteiger partial charge >= 0.3 is 0 Å². The van der Waals surface area contributed by atoms with Gasteiger partial charge in [0.2, 0.25) is 0 Å². The van der Waals surface area contributed by atoms with Gasteiger partial charge in [-0.1, -0.05) is 43.2 Å². The van der Waals surface area contributed by atoms with E-state index in [0.717, 1.165) is 31.2 Å². The summed E-state index contributed by atoms with van der Waals surface area (Å²) < 4.78 is 0.620. The molecule has 1 amide bonds. The third kappa shape index (κ3) is 3.45. The number of hydrogen-bond acceptors (Lipinski definition) is 5. The lowest BCUT2D eigenvalue weighted by Gasteiger charge is -2.29. The molecule has 0 bridgehead atoms. The predicted octanol–water partition coefficient (Wildman–Crippen LogP) is 4.13. The molecule has 1 aromatic carbocycles. The van der Waals surface area contributed by atoms with Crippen molar-refractivity contribution >= 4 is 46.0 Å². The van der Waals surface area contributed by atoms with Crippen LogP contribution in [0.5, 0.6) is 0 Å². The number of non-ortho nitro benzene ring substituents is 1. The molecule has 2 fully saturated rings. The monoisotopic (exact) mass is 348 g/mol. The van der Waals surface area contributed by atoms with E-state index < -0.39 is 4.92 Å². The fourth-order valence-corrected chi connectivity index (χ4v) is 4.38. The van der Waals surface area contributed by atoms with E-state index in [1.54, 1.807) is 23.1 Å². The molecular formula is C16H16N2O3S2. The highest BCUT2D eigenvalue weighted by Gasteiger charge is 2.37. The molecule has 1 aromatic rings. The third-order valence-corrected chi connectivity index (χ3v) is 5.50. The van der Waals surface area contributed by atoms with E-state index in [2.05, 4.69) is 0 Å². The first kappa shape index (κ1) is 16.1. The van der Waals surface area contributed by atoms with Crippen LogP contribution in [-0.4, -0.2) is 26.1 Å². The Hall–Kier alpha value is -1.73. The van der Waals surface area contributed by atoms with E-state index in [4.69, 9.17) is 12.2 Å². The van der Waals surface area contributed by atoms with Crippen molar-refractivity contribution in [1.29, 1.82) is 0 Å². The van der Waals surface area contributed by atoms with Gasteiger partial charge in [-0.05, 0) is 36.6 Å². The Morgan fingerprint density at radius 3 is 2.48 bits per heavy atom. The first-order valence-electron chi connectivity index (χ1n) is 7.58. The SMILES string of the molecule is O=C1C(=Cc2ccc([N+](=O)[O-])cc2)SC(=S)N1C1CCCCC1. The first-order chi connectivity index (χ1) is 11.1. The van der Waals surface area contributed by atoms with Crippen molar-refractivity contribution in [2.45, 2.75) is 38.1 Å². The Morgan fingerprint density at radius 2 is 1.87 bits per heavy atom. The minimum atomic E-state index is -0.438. The van der Waals surface area contributed by atoms with E-state index in [0.29, 0.717) is 9.23 Å². The first-order valence-corrected chi connectivity index (χ1v) is 8.80. The third-order valence-electron chi connectivity index (χ3n) is 4.17. The van der Waals surface area contributed by atoms with Crippen LogP contribution in [0.25, 0.3) is 6.08 Å². The molecule has 7 heteroatoms. The van der Waals surface area contributed by atoms with Crippen LogP contribution in [0, 0.1) is 10.1 Å². The summed E-state index contributed by atoms with van der Waals surface area (Å²) in [4.78, 5) is 25.2. The minimum Gasteiger partial charge on any atom is -0.290 e. The number of nitro groups is 1. The second-order valence-electron chi connectivity index (χ2n) is 5.69. The second kappa shape index (κ2) is 6.80. The zero-order valence-corrected chi connectivity index (χ0v) is 14.1. The molecule has 1 saturated carbocycles. The van der Waals surface area contributed by atoms with Gasteiger partial charge in [0.1, 0.15) is 4.32 Å². The minimum absolute atomic E-state index is 0.0368. The molecule has 5 nitrogen and oxygen atoms in total. The maximum Gasteiger partial charge on any atom is 0.269 e. The summed E-state index contributed by atoms with van der Waals surface area (Å²) in [5, 5.41) is 10.7. The molecule has 1 aliphatic carbocycles. The van der Waals surface area contributed by atoms with E-state index in [9.17, 15) is 14.9 Å². The number of carbonyl (C=O) groups is 1. The predicted molar refractivity (Wildman–Crippen MR) is 95.0 cm³/mol. The highest BCUT2D eigenvalue weighted by Crippen LogP contribution is 2.37. The lowest BCUT2D eigenvalue weighted by atomic mass is 9.94. The van der Waals surface area contributed by atoms with Crippen molar-refractivity contribution in [2.24, 2.45) is 0 Å². The number of carbonyl (C=O) groups excluding carboxylic acids is 1. The Bertz CT molecular complexity index is 679. The highest BCUT2D eigenvalue weighted by atomic mass is 32.2. The van der Waals surface area contributed by atoms with Gasteiger partial charge in [-0.15, -0.1) is 0 Å². The topological polar surface area (TPSA) is 63.4 Å². The van der Waals surface area contributed by atoms with Gasteiger partial charge in [0.25, 0.3) is 11.6 Å². The normalized spacial score (nSPS) is 21.2. The average Bonchev–Trinajstić information content (AvgIpc) is 2.82. The number of rotatable bonds is 3. The van der Waals surface area contributed by atoms with E-state index in [1.165, 1.54) is 30.3 Å². The maximum atomic E-state index is 12.6. The Kier molecular flexibility index (Phi) is 4.77. The van der Waals surface area contributed by atoms with Crippen LogP contribution in [0.4, 0.5) is 5.69 Å². The van der Waals surface area contributed by atoms with Crippen molar-refractivity contribution in [3.63, 3.8) is 0 Å². The van der Waals surface area contributed by atoms with Crippen molar-refractivity contribution < 1.29 is 9.72 Å². The van der Waals surface area contributed by atoms with Crippen molar-refractivity contribution in [2.75, 3.05) is 0 Å². The fourth-order valence-electron chi connectivity index (χ4n) is 2.98. The molecule has 3 rings (SSSR count). The molecule has 0 unspecified atom stereocenters. The van der Waals surface area contributed by atoms with Crippen LogP contribution in [0.15, 0.2) is 29.2 Å². The van der Waals surface area contributed by atoms with Crippen LogP contribution < -0.4 is 0 Å². The van der Waals surface area contributed by atoms with Gasteiger partial charge in [0.15, 0.2) is 0 Å². The summed E-state index contributed by atoms with van der Waals surface area (Å²) in [6, 6.07) is 6.39. The van der Waals surface area contributed by atoms with Gasteiger partial charge in [0.05, 0.1) is 9.83 Å². The van der Waals surface area contributed by atoms with Crippen LogP contribution in [-0.2, 0) is 4.79 Å². The van der Waals surface area contributed by atoms with Crippen LogP contribution in [0.2, 0.25) is 0 Å². The second-order valence-corrected chi connectivity index (χ2v) is 7.37. The van der Waals surface area contributed by atoms with Gasteiger partial charge in [-0.3, -0.25) is 19.8 Å². The number of nitrogens with zero attached hydrogens (tertiary/aromatic N) is 2. The largest absolute Gasteiger partial charge is 0.290 e. The number of thiocarbonyl (C=S) groups is 1. The lowest BCUT2D eigenvalue weighted by Crippen LogP contribution is -2.39. The summed E-state index contributed by atoms with van der Waals surface area (Å²) in [5.74, 6) is -0.0368. The summed E-state index contributed by atoms with van der Waals surface area (Å²) in [7, 11) is 0. The average molecular weight is 348 g/mol. The number of nitro benzene ring substituents is 1. The maximum absolute atomic E-state index is 12.6. The summed E-state index contributed by atoms with van der Waals surface area (Å²) in [6.45, 7) is 0. The van der Waals surface area contributed by atoms with E-state index >= 15 is 0 Å². The fraction of sp³-hybridized carbons (Fsp3) is 0.375. The highest BCUT2D eigenvalue weighted by molar-refractivity contribution is 8.26. The molecular weight excluding hydrogens is 332 g/mol. The molecule has 0 atom stereocenters. The smallest absolute Gasteiger partial charge is 0.269 e. The Balaban J connectivity index is 1.79. The van der Waals surface area contributed by atoms with Crippen LogP contribution >= 0.6 is 24.0 Å². The summed E-state index contributed by atoms with van der Waals surface area (Å²) in [6.07, 6.45) is 7.29. The van der Waals surface area contributed by atoms with Crippen molar-refractivity contribution in [3.8, 4) is 0 Å². The standard InChI is InChI=1S/C16H16N2O3S2/c19-15-14(10-11-6-8-13(9-7-11)18(20)21)23-16(22)17(15)12-4-2-1-3-5-12/h6-10,12H,1-5H2. The molecule has 23 heavy (non-hydrogen) atoms. The zero-order valence-electron chi connectivity index (χ0n) is 12.4. The van der Waals surface area contributed by atoms with Gasteiger partial charge < -0.3 is 0 Å². The molecule has 2 aliphatic rings. The summed E-state index contributed by atoms with van der Waals surface area (Å²) in [5.41, 5.74) is 0.802. The lowest BCUT2D eigenvalue weighted by molar-refractivity contribution is -0.384. The van der Waals surface area contributed by atoms with E-state index in [1.807, 2.05) is 0 Å². The molecule has 1 saturated heterocycles. The molecule has 120 valence electrons. The number of benzene rings is 1. The number of hydrogen-bond donors (Lipinski definition) is 0. The Labute approximate surface area is 143 Å². The van der Waals surface area contributed by atoms with E-state index in [-0.39, 0.29) is 17.6 Å². The van der Waals surface area contributed by atoms with Crippen LogP contribution in [0.3, 0.4) is 0 Å². The summed E-state index contributed by atoms with van der Waals surface area (Å²) >= 11 is 6.70. The molecule has 0 aromatic heterocycles. The molecule has 0 N–H and O–H groups in total. The number of thioether (sulfide) groups is 1. The van der Waals surface area contributed by atoms with Gasteiger partial charge in [0, 0.05) is 18.2 Å². The number of amides is 1. The van der Waals surface area contributed by atoms with Crippen LogP contribution in [0.1, 0.15) is 37.7 Å². The zero-order chi connectivity index (χ0) is 16.4. The molecule has 0 spiro atoms. The van der Waals surface area contributed by atoms with Crippen molar-refractivity contribution in [3.05, 3.63) is 44.8 Å². The van der Waals surface area contributed by atoms with Crippen molar-refractivity contribution in [1.82, 2.24) is 4.90 Å². The van der Waals surface area contributed by atoms with Gasteiger partial charge in [-0.25, -0.2) is 0 Å². The Morgan fingerprint density at radius 1 is 1.22 bits per heavy atom. The molecule has 0 radical (unpaired) electrons. The van der Waals surface area contributed by atoms with Gasteiger partial charge in [-0.2, -0.15) is 0 Å². The molecule has 1 aliphatic heterocycles. The molecule has 1 heterocycles.